The zero-order valence-corrected chi connectivity index (χ0v) is 17.1. The van der Waals surface area contributed by atoms with Crippen molar-refractivity contribution in [2.24, 2.45) is 0 Å². The van der Waals surface area contributed by atoms with Gasteiger partial charge in [0.1, 0.15) is 0 Å². The number of benzene rings is 1. The van der Waals surface area contributed by atoms with Gasteiger partial charge in [-0.2, -0.15) is 0 Å². The minimum atomic E-state index is -0.141. The normalized spacial score (nSPS) is 16.5. The highest BCUT2D eigenvalue weighted by molar-refractivity contribution is 8.02. The van der Waals surface area contributed by atoms with Crippen molar-refractivity contribution in [2.45, 2.75) is 30.4 Å². The van der Waals surface area contributed by atoms with E-state index >= 15 is 0 Å². The fourth-order valence-electron chi connectivity index (χ4n) is 3.01. The van der Waals surface area contributed by atoms with Crippen LogP contribution in [0.2, 0.25) is 0 Å². The van der Waals surface area contributed by atoms with Gasteiger partial charge in [-0.25, -0.2) is 0 Å². The first kappa shape index (κ1) is 19.1. The second-order valence-electron chi connectivity index (χ2n) is 6.56. The van der Waals surface area contributed by atoms with Crippen LogP contribution in [0.4, 0.5) is 10.8 Å². The van der Waals surface area contributed by atoms with Gasteiger partial charge < -0.3 is 15.1 Å². The van der Waals surface area contributed by atoms with E-state index < -0.39 is 0 Å². The van der Waals surface area contributed by atoms with Crippen LogP contribution < -0.4 is 10.2 Å². The van der Waals surface area contributed by atoms with Crippen molar-refractivity contribution in [1.29, 1.82) is 0 Å². The van der Waals surface area contributed by atoms with E-state index in [1.54, 1.807) is 4.90 Å². The molecule has 0 bridgehead atoms. The van der Waals surface area contributed by atoms with Crippen LogP contribution in [0.5, 0.6) is 0 Å². The van der Waals surface area contributed by atoms with Crippen molar-refractivity contribution < 1.29 is 9.69 Å². The second kappa shape index (κ2) is 8.83. The van der Waals surface area contributed by atoms with Gasteiger partial charge in [-0.05, 0) is 38.5 Å². The third-order valence-electron chi connectivity index (χ3n) is 4.58. The molecule has 26 heavy (non-hydrogen) atoms. The summed E-state index contributed by atoms with van der Waals surface area (Å²) in [5.41, 5.74) is 2.19. The molecule has 0 saturated carbocycles. The highest BCUT2D eigenvalue weighted by Gasteiger charge is 2.27. The molecule has 3 rings (SSSR count). The van der Waals surface area contributed by atoms with Crippen LogP contribution in [0, 0.1) is 6.92 Å². The van der Waals surface area contributed by atoms with Gasteiger partial charge in [-0.15, -0.1) is 10.2 Å². The lowest BCUT2D eigenvalue weighted by molar-refractivity contribution is -0.902. The lowest BCUT2D eigenvalue weighted by atomic mass is 10.2. The van der Waals surface area contributed by atoms with Gasteiger partial charge in [0.2, 0.25) is 11.0 Å². The molecule has 1 saturated heterocycles. The number of nitrogens with one attached hydrogen (secondary N) is 2. The number of aryl methyl sites for hydroxylation is 1. The molecule has 0 spiro atoms. The van der Waals surface area contributed by atoms with E-state index in [-0.39, 0.29) is 11.2 Å². The first-order valence-electron chi connectivity index (χ1n) is 9.01. The minimum absolute atomic E-state index is 0.141. The van der Waals surface area contributed by atoms with Crippen molar-refractivity contribution in [3.63, 3.8) is 0 Å². The summed E-state index contributed by atoms with van der Waals surface area (Å²) in [5, 5.41) is 12.3. The zero-order chi connectivity index (χ0) is 18.5. The zero-order valence-electron chi connectivity index (χ0n) is 15.5. The molecular weight excluding hydrogens is 366 g/mol. The molecule has 1 aromatic carbocycles. The average Bonchev–Trinajstić information content (AvgIpc) is 3.08. The van der Waals surface area contributed by atoms with Crippen LogP contribution in [0.15, 0.2) is 28.6 Å². The topological polar surface area (TPSA) is 62.6 Å². The maximum atomic E-state index is 12.7. The van der Waals surface area contributed by atoms with E-state index in [1.165, 1.54) is 28.7 Å². The summed E-state index contributed by atoms with van der Waals surface area (Å²) in [4.78, 5) is 16.2. The van der Waals surface area contributed by atoms with Gasteiger partial charge in [0, 0.05) is 5.69 Å². The highest BCUT2D eigenvalue weighted by Crippen LogP contribution is 2.31. The van der Waals surface area contributed by atoms with E-state index in [9.17, 15) is 4.79 Å². The summed E-state index contributed by atoms with van der Waals surface area (Å²) < 4.78 is 0.818. The van der Waals surface area contributed by atoms with Gasteiger partial charge in [0.15, 0.2) is 4.34 Å². The summed E-state index contributed by atoms with van der Waals surface area (Å²) in [6, 6.07) is 8.14. The number of hydrogen-bond donors (Lipinski definition) is 2. The Morgan fingerprint density at radius 1 is 1.38 bits per heavy atom. The monoisotopic (exact) mass is 392 g/mol. The molecule has 2 N–H and O–H groups in total. The quantitative estimate of drug-likeness (QED) is 0.735. The molecule has 0 radical (unpaired) electrons. The average molecular weight is 393 g/mol. The lowest BCUT2D eigenvalue weighted by Crippen LogP contribution is -3.14. The molecule has 1 aliphatic heterocycles. The Hall–Kier alpha value is -1.64. The number of piperazine rings is 1. The third-order valence-corrected chi connectivity index (χ3v) is 6.59. The molecule has 1 aliphatic rings. The summed E-state index contributed by atoms with van der Waals surface area (Å²) in [6.07, 6.45) is 0. The molecule has 1 fully saturated rings. The van der Waals surface area contributed by atoms with Crippen molar-refractivity contribution in [2.75, 3.05) is 38.0 Å². The van der Waals surface area contributed by atoms with E-state index in [2.05, 4.69) is 41.5 Å². The first-order valence-corrected chi connectivity index (χ1v) is 10.7. The van der Waals surface area contributed by atoms with Crippen molar-refractivity contribution >= 4 is 39.8 Å². The lowest BCUT2D eigenvalue weighted by Gasteiger charge is -2.32. The fraction of sp³-hybridized carbons (Fsp3) is 0.500. The number of amides is 1. The Kier molecular flexibility index (Phi) is 6.50. The molecule has 6 nitrogen and oxygen atoms in total. The van der Waals surface area contributed by atoms with Crippen LogP contribution in [-0.2, 0) is 4.79 Å². The summed E-state index contributed by atoms with van der Waals surface area (Å²) >= 11 is 2.98. The summed E-state index contributed by atoms with van der Waals surface area (Å²) in [7, 11) is 0. The SMILES string of the molecule is CC[NH+]1CCN(C(=O)[C@H](C)Sc2nnc(Nc3cccc(C)c3)s2)CC1. The van der Waals surface area contributed by atoms with Crippen molar-refractivity contribution in [1.82, 2.24) is 15.1 Å². The molecule has 8 heteroatoms. The van der Waals surface area contributed by atoms with Crippen LogP contribution in [0.25, 0.3) is 0 Å². The van der Waals surface area contributed by atoms with Gasteiger partial charge >= 0.3 is 0 Å². The number of hydrogen-bond acceptors (Lipinski definition) is 6. The molecule has 2 heterocycles. The number of aromatic nitrogens is 2. The van der Waals surface area contributed by atoms with Crippen LogP contribution in [-0.4, -0.2) is 59.0 Å². The van der Waals surface area contributed by atoms with E-state index in [0.29, 0.717) is 0 Å². The number of quaternary nitrogens is 1. The van der Waals surface area contributed by atoms with Crippen molar-refractivity contribution in [3.05, 3.63) is 29.8 Å². The predicted molar refractivity (Wildman–Crippen MR) is 108 cm³/mol. The Balaban J connectivity index is 1.54. The van der Waals surface area contributed by atoms with Gasteiger partial charge in [0.25, 0.3) is 0 Å². The Morgan fingerprint density at radius 3 is 2.85 bits per heavy atom. The standard InChI is InChI=1S/C18H25N5OS2/c1-4-22-8-10-23(11-9-22)16(24)14(3)25-18-21-20-17(26-18)19-15-7-5-6-13(2)12-15/h5-7,12,14H,4,8-11H2,1-3H3,(H,19,20)/p+1/t14-/m0/s1. The number of likely N-dealkylation sites (N-methyl/N-ethyl adjacent to an activating group) is 1. The highest BCUT2D eigenvalue weighted by atomic mass is 32.2. The fourth-order valence-corrected chi connectivity index (χ4v) is 5.01. The maximum absolute atomic E-state index is 12.7. The number of nitrogens with zero attached hydrogens (tertiary/aromatic N) is 3. The molecule has 0 unspecified atom stereocenters. The number of carbonyl (C=O) groups is 1. The molecule has 1 atom stereocenters. The van der Waals surface area contributed by atoms with E-state index in [1.807, 2.05) is 24.0 Å². The number of anilines is 2. The van der Waals surface area contributed by atoms with Crippen LogP contribution in [0.3, 0.4) is 0 Å². The van der Waals surface area contributed by atoms with Gasteiger partial charge in [-0.3, -0.25) is 4.79 Å². The Labute approximate surface area is 163 Å². The van der Waals surface area contributed by atoms with Crippen molar-refractivity contribution in [3.8, 4) is 0 Å². The largest absolute Gasteiger partial charge is 0.332 e. The third kappa shape index (κ3) is 4.96. The van der Waals surface area contributed by atoms with Crippen LogP contribution in [0.1, 0.15) is 19.4 Å². The molecule has 2 aromatic rings. The molecule has 140 valence electrons. The second-order valence-corrected chi connectivity index (χ2v) is 9.12. The molecule has 1 aromatic heterocycles. The van der Waals surface area contributed by atoms with E-state index in [4.69, 9.17) is 0 Å². The summed E-state index contributed by atoms with van der Waals surface area (Å²) in [5.74, 6) is 0.202. The summed E-state index contributed by atoms with van der Waals surface area (Å²) in [6.45, 7) is 11.1. The smallest absolute Gasteiger partial charge is 0.236 e. The maximum Gasteiger partial charge on any atom is 0.236 e. The first-order chi connectivity index (χ1) is 12.5. The van der Waals surface area contributed by atoms with Crippen LogP contribution >= 0.6 is 23.1 Å². The molecule has 1 amide bonds. The predicted octanol–water partition coefficient (Wildman–Crippen LogP) is 1.82. The molecule has 0 aliphatic carbocycles. The van der Waals surface area contributed by atoms with E-state index in [0.717, 1.165) is 47.9 Å². The number of carbonyl (C=O) groups excluding carboxylic acids is 1. The van der Waals surface area contributed by atoms with Gasteiger partial charge in [0.05, 0.1) is 38.0 Å². The Morgan fingerprint density at radius 2 is 2.15 bits per heavy atom. The Bertz CT molecular complexity index is 743. The number of thioether (sulfide) groups is 1. The van der Waals surface area contributed by atoms with Gasteiger partial charge in [-0.1, -0.05) is 35.2 Å². The molecular formula is C18H26N5OS2+. The number of rotatable bonds is 6. The minimum Gasteiger partial charge on any atom is -0.332 e.